The first kappa shape index (κ1) is 17.5. The number of hydrogen-bond acceptors (Lipinski definition) is 4. The first-order valence-electron chi connectivity index (χ1n) is 6.50. The molecule has 2 aromatic rings. The topological polar surface area (TPSA) is 106 Å². The van der Waals surface area contributed by atoms with Crippen LogP contribution in [-0.2, 0) is 20.0 Å². The smallest absolute Gasteiger partial charge is 0.225 e. The lowest BCUT2D eigenvalue weighted by atomic mass is 10.1. The van der Waals surface area contributed by atoms with Gasteiger partial charge in [0, 0.05) is 6.04 Å². The Bertz CT molecular complexity index is 893. The second kappa shape index (κ2) is 6.36. The van der Waals surface area contributed by atoms with E-state index in [1.165, 1.54) is 24.3 Å². The Morgan fingerprint density at radius 1 is 0.913 bits per heavy atom. The van der Waals surface area contributed by atoms with Gasteiger partial charge in [0.15, 0.2) is 0 Å². The van der Waals surface area contributed by atoms with Gasteiger partial charge in [0.25, 0.3) is 0 Å². The van der Waals surface area contributed by atoms with Crippen molar-refractivity contribution in [2.75, 3.05) is 0 Å². The molecule has 0 radical (unpaired) electrons. The first-order chi connectivity index (χ1) is 10.6. The van der Waals surface area contributed by atoms with Crippen LogP contribution in [0.3, 0.4) is 0 Å². The van der Waals surface area contributed by atoms with Gasteiger partial charge in [-0.05, 0) is 48.9 Å². The van der Waals surface area contributed by atoms with E-state index >= 15 is 0 Å². The molecule has 0 heterocycles. The fraction of sp³-hybridized carbons (Fsp3) is 0.143. The predicted molar refractivity (Wildman–Crippen MR) is 83.0 cm³/mol. The molecule has 0 saturated carbocycles. The molecule has 0 aliphatic rings. The average Bonchev–Trinajstić information content (AvgIpc) is 2.46. The van der Waals surface area contributed by atoms with Crippen LogP contribution in [0, 0.1) is 5.82 Å². The summed E-state index contributed by atoms with van der Waals surface area (Å²) in [6, 6.07) is 9.39. The van der Waals surface area contributed by atoms with E-state index in [4.69, 9.17) is 5.14 Å². The van der Waals surface area contributed by atoms with Crippen LogP contribution in [0.4, 0.5) is 4.39 Å². The molecule has 0 fully saturated rings. The van der Waals surface area contributed by atoms with Crippen molar-refractivity contribution in [2.45, 2.75) is 22.8 Å². The first-order valence-corrected chi connectivity index (χ1v) is 9.53. The fourth-order valence-corrected chi connectivity index (χ4v) is 3.68. The molecule has 0 amide bonds. The van der Waals surface area contributed by atoms with Crippen molar-refractivity contribution in [1.29, 1.82) is 0 Å². The average molecular weight is 358 g/mol. The van der Waals surface area contributed by atoms with Crippen LogP contribution < -0.4 is 9.86 Å². The summed E-state index contributed by atoms with van der Waals surface area (Å²) in [6.07, 6.45) is 0. The van der Waals surface area contributed by atoms with Crippen LogP contribution >= 0.6 is 0 Å². The van der Waals surface area contributed by atoms with E-state index in [9.17, 15) is 21.2 Å². The normalized spacial score (nSPS) is 13.7. The second-order valence-corrected chi connectivity index (χ2v) is 8.19. The highest BCUT2D eigenvalue weighted by atomic mass is 32.2. The highest BCUT2D eigenvalue weighted by Crippen LogP contribution is 2.18. The number of benzene rings is 2. The van der Waals surface area contributed by atoms with Crippen LogP contribution in [0.5, 0.6) is 0 Å². The van der Waals surface area contributed by atoms with Gasteiger partial charge >= 0.3 is 0 Å². The van der Waals surface area contributed by atoms with E-state index < -0.39 is 31.9 Å². The predicted octanol–water partition coefficient (Wildman–Crippen LogP) is 1.51. The zero-order valence-corrected chi connectivity index (χ0v) is 13.7. The van der Waals surface area contributed by atoms with E-state index in [-0.39, 0.29) is 9.79 Å². The second-order valence-electron chi connectivity index (χ2n) is 4.91. The number of primary sulfonamides is 1. The van der Waals surface area contributed by atoms with Gasteiger partial charge in [-0.2, -0.15) is 0 Å². The number of sulfonamides is 2. The van der Waals surface area contributed by atoms with Crippen LogP contribution in [0.25, 0.3) is 0 Å². The molecular formula is C14H15FN2O4S2. The van der Waals surface area contributed by atoms with E-state index in [0.29, 0.717) is 5.56 Å². The van der Waals surface area contributed by atoms with Crippen molar-refractivity contribution >= 4 is 20.0 Å². The van der Waals surface area contributed by atoms with Crippen molar-refractivity contribution in [3.8, 4) is 0 Å². The number of nitrogens with one attached hydrogen (secondary N) is 1. The third kappa shape index (κ3) is 4.35. The van der Waals surface area contributed by atoms with Crippen molar-refractivity contribution in [3.05, 3.63) is 59.9 Å². The Morgan fingerprint density at radius 2 is 1.39 bits per heavy atom. The van der Waals surface area contributed by atoms with Gasteiger partial charge in [-0.1, -0.05) is 12.1 Å². The number of rotatable bonds is 5. The lowest BCUT2D eigenvalue weighted by molar-refractivity contribution is 0.566. The zero-order valence-electron chi connectivity index (χ0n) is 12.1. The number of hydrogen-bond donors (Lipinski definition) is 2. The standard InChI is InChI=1S/C14H15FN2O4S2/c1-10(11-2-4-12(15)5-3-11)17-23(20,21)14-8-6-13(7-9-14)22(16,18)19/h2-10,17H,1H3,(H2,16,18,19). The molecule has 0 saturated heterocycles. The van der Waals surface area contributed by atoms with Gasteiger partial charge in [-0.15, -0.1) is 0 Å². The van der Waals surface area contributed by atoms with Crippen LogP contribution in [0.1, 0.15) is 18.5 Å². The molecule has 0 spiro atoms. The third-order valence-corrected chi connectivity index (χ3v) is 5.65. The molecule has 0 aromatic heterocycles. The molecule has 1 unspecified atom stereocenters. The Balaban J connectivity index is 2.23. The quantitative estimate of drug-likeness (QED) is 0.845. The van der Waals surface area contributed by atoms with Gasteiger partial charge in [0.2, 0.25) is 20.0 Å². The van der Waals surface area contributed by atoms with Crippen molar-refractivity contribution in [1.82, 2.24) is 4.72 Å². The SMILES string of the molecule is CC(NS(=O)(=O)c1ccc(S(N)(=O)=O)cc1)c1ccc(F)cc1. The molecule has 124 valence electrons. The fourth-order valence-electron chi connectivity index (χ4n) is 1.93. The Hall–Kier alpha value is -1.81. The minimum Gasteiger partial charge on any atom is -0.225 e. The molecule has 1 atom stereocenters. The van der Waals surface area contributed by atoms with Gasteiger partial charge in [-0.25, -0.2) is 31.1 Å². The van der Waals surface area contributed by atoms with Crippen LogP contribution in [0.15, 0.2) is 58.3 Å². The zero-order chi connectivity index (χ0) is 17.3. The molecule has 23 heavy (non-hydrogen) atoms. The summed E-state index contributed by atoms with van der Waals surface area (Å²) >= 11 is 0. The van der Waals surface area contributed by atoms with E-state index in [1.807, 2.05) is 0 Å². The summed E-state index contributed by atoms with van der Waals surface area (Å²) < 4.78 is 62.2. The highest BCUT2D eigenvalue weighted by Gasteiger charge is 2.19. The van der Waals surface area contributed by atoms with Crippen LogP contribution in [-0.4, -0.2) is 16.8 Å². The molecule has 9 heteroatoms. The maximum Gasteiger partial charge on any atom is 0.241 e. The van der Waals surface area contributed by atoms with Gasteiger partial charge < -0.3 is 0 Å². The van der Waals surface area contributed by atoms with E-state index in [0.717, 1.165) is 24.3 Å². The summed E-state index contributed by atoms with van der Waals surface area (Å²) in [5.74, 6) is -0.414. The summed E-state index contributed by atoms with van der Waals surface area (Å²) in [6.45, 7) is 1.61. The van der Waals surface area contributed by atoms with Crippen molar-refractivity contribution in [3.63, 3.8) is 0 Å². The number of nitrogens with two attached hydrogens (primary N) is 1. The summed E-state index contributed by atoms with van der Waals surface area (Å²) in [5, 5.41) is 4.96. The molecule has 3 N–H and O–H groups in total. The largest absolute Gasteiger partial charge is 0.241 e. The lowest BCUT2D eigenvalue weighted by Crippen LogP contribution is -2.27. The summed E-state index contributed by atoms with van der Waals surface area (Å²) in [7, 11) is -7.75. The van der Waals surface area contributed by atoms with Crippen molar-refractivity contribution in [2.24, 2.45) is 5.14 Å². The summed E-state index contributed by atoms with van der Waals surface area (Å²) in [5.41, 5.74) is 0.594. The van der Waals surface area contributed by atoms with Crippen molar-refractivity contribution < 1.29 is 21.2 Å². The third-order valence-electron chi connectivity index (χ3n) is 3.16. The van der Waals surface area contributed by atoms with Gasteiger partial charge in [0.1, 0.15) is 5.82 Å². The molecular weight excluding hydrogens is 343 g/mol. The monoisotopic (exact) mass is 358 g/mol. The molecule has 0 aliphatic heterocycles. The number of halogens is 1. The molecule has 2 rings (SSSR count). The molecule has 6 nitrogen and oxygen atoms in total. The van der Waals surface area contributed by atoms with Crippen LogP contribution in [0.2, 0.25) is 0 Å². The maximum absolute atomic E-state index is 12.9. The maximum atomic E-state index is 12.9. The lowest BCUT2D eigenvalue weighted by Gasteiger charge is -2.15. The minimum absolute atomic E-state index is 0.0983. The van der Waals surface area contributed by atoms with Gasteiger partial charge in [0.05, 0.1) is 9.79 Å². The highest BCUT2D eigenvalue weighted by molar-refractivity contribution is 7.89. The van der Waals surface area contributed by atoms with E-state index in [2.05, 4.69) is 4.72 Å². The molecule has 0 aliphatic carbocycles. The van der Waals surface area contributed by atoms with E-state index in [1.54, 1.807) is 6.92 Å². The minimum atomic E-state index is -3.89. The molecule has 2 aromatic carbocycles. The Morgan fingerprint density at radius 3 is 1.87 bits per heavy atom. The summed E-state index contributed by atoms with van der Waals surface area (Å²) in [4.78, 5) is -0.276. The Kier molecular flexibility index (Phi) is 4.85. The Labute approximate surface area is 134 Å². The van der Waals surface area contributed by atoms with Gasteiger partial charge in [-0.3, -0.25) is 0 Å². The molecule has 0 bridgehead atoms.